The molecule has 1 amide bonds. The van der Waals surface area contributed by atoms with Crippen LogP contribution in [0.2, 0.25) is 0 Å². The van der Waals surface area contributed by atoms with Crippen molar-refractivity contribution >= 4 is 5.91 Å². The summed E-state index contributed by atoms with van der Waals surface area (Å²) in [5.41, 5.74) is 2.02. The molecular weight excluding hydrogens is 276 g/mol. The summed E-state index contributed by atoms with van der Waals surface area (Å²) in [7, 11) is 1.65. The molecule has 0 spiro atoms. The Morgan fingerprint density at radius 1 is 1.27 bits per heavy atom. The molecule has 0 bridgehead atoms. The Labute approximate surface area is 133 Å². The molecule has 4 heteroatoms. The zero-order valence-electron chi connectivity index (χ0n) is 14.1. The number of hydrogen-bond donors (Lipinski definition) is 2. The molecule has 1 aromatic carbocycles. The van der Waals surface area contributed by atoms with Crippen molar-refractivity contribution in [3.05, 3.63) is 35.4 Å². The first-order chi connectivity index (χ1) is 10.5. The fourth-order valence-electron chi connectivity index (χ4n) is 3.01. The molecule has 0 aliphatic carbocycles. The zero-order chi connectivity index (χ0) is 16.2. The minimum absolute atomic E-state index is 0.00282. The van der Waals surface area contributed by atoms with Crippen LogP contribution in [0.4, 0.5) is 0 Å². The fourth-order valence-corrected chi connectivity index (χ4v) is 3.01. The van der Waals surface area contributed by atoms with Crippen molar-refractivity contribution in [3.63, 3.8) is 0 Å². The Hall–Kier alpha value is -1.39. The predicted molar refractivity (Wildman–Crippen MR) is 88.9 cm³/mol. The van der Waals surface area contributed by atoms with Gasteiger partial charge in [0.15, 0.2) is 0 Å². The second-order valence-corrected chi connectivity index (χ2v) is 6.66. The molecule has 2 atom stereocenters. The highest BCUT2D eigenvalue weighted by Crippen LogP contribution is 2.27. The molecule has 22 heavy (non-hydrogen) atoms. The maximum atomic E-state index is 12.7. The predicted octanol–water partition coefficient (Wildman–Crippen LogP) is 2.61. The zero-order valence-corrected chi connectivity index (χ0v) is 14.1. The van der Waals surface area contributed by atoms with Gasteiger partial charge in [-0.3, -0.25) is 4.79 Å². The summed E-state index contributed by atoms with van der Waals surface area (Å²) < 4.78 is 5.28. The molecule has 2 N–H and O–H groups in total. The van der Waals surface area contributed by atoms with E-state index in [1.165, 1.54) is 5.56 Å². The van der Waals surface area contributed by atoms with Crippen LogP contribution in [0.15, 0.2) is 24.3 Å². The molecule has 122 valence electrons. The Kier molecular flexibility index (Phi) is 5.59. The van der Waals surface area contributed by atoms with Gasteiger partial charge in [-0.05, 0) is 36.9 Å². The molecule has 4 nitrogen and oxygen atoms in total. The third-order valence-corrected chi connectivity index (χ3v) is 4.60. The Bertz CT molecular complexity index is 490. The van der Waals surface area contributed by atoms with Gasteiger partial charge in [-0.25, -0.2) is 0 Å². The Morgan fingerprint density at radius 2 is 1.91 bits per heavy atom. The van der Waals surface area contributed by atoms with Gasteiger partial charge >= 0.3 is 0 Å². The summed E-state index contributed by atoms with van der Waals surface area (Å²) in [6.45, 7) is 8.42. The first-order valence-electron chi connectivity index (χ1n) is 8.09. The van der Waals surface area contributed by atoms with E-state index in [4.69, 9.17) is 4.74 Å². The molecule has 2 unspecified atom stereocenters. The van der Waals surface area contributed by atoms with Gasteiger partial charge in [0, 0.05) is 13.7 Å². The topological polar surface area (TPSA) is 50.4 Å². The van der Waals surface area contributed by atoms with E-state index in [1.807, 2.05) is 6.92 Å². The third kappa shape index (κ3) is 3.68. The normalized spacial score (nSPS) is 22.8. The van der Waals surface area contributed by atoms with E-state index in [9.17, 15) is 4.79 Å². The average Bonchev–Trinajstić information content (AvgIpc) is 2.97. The first-order valence-corrected chi connectivity index (χ1v) is 8.09. The van der Waals surface area contributed by atoms with Gasteiger partial charge in [-0.15, -0.1) is 0 Å². The fraction of sp³-hybridized carbons (Fsp3) is 0.611. The summed E-state index contributed by atoms with van der Waals surface area (Å²) in [5.74, 6) is 0.605. The lowest BCUT2D eigenvalue weighted by molar-refractivity contribution is -0.133. The average molecular weight is 304 g/mol. The lowest BCUT2D eigenvalue weighted by Crippen LogP contribution is -2.46. The number of carbonyl (C=O) groups is 1. The van der Waals surface area contributed by atoms with Gasteiger partial charge in [-0.2, -0.15) is 0 Å². The number of rotatable bonds is 6. The molecule has 1 aliphatic heterocycles. The molecule has 0 radical (unpaired) electrons. The molecule has 0 aromatic heterocycles. The largest absolute Gasteiger partial charge is 0.384 e. The van der Waals surface area contributed by atoms with E-state index in [0.717, 1.165) is 18.5 Å². The van der Waals surface area contributed by atoms with Gasteiger partial charge in [-0.1, -0.05) is 38.1 Å². The maximum Gasteiger partial charge on any atom is 0.230 e. The quantitative estimate of drug-likeness (QED) is 0.849. The highest BCUT2D eigenvalue weighted by molar-refractivity contribution is 5.83. The van der Waals surface area contributed by atoms with Crippen LogP contribution < -0.4 is 10.6 Å². The Morgan fingerprint density at radius 3 is 2.41 bits per heavy atom. The van der Waals surface area contributed by atoms with E-state index < -0.39 is 5.41 Å². The van der Waals surface area contributed by atoms with Crippen LogP contribution in [0, 0.1) is 5.41 Å². The lowest BCUT2D eigenvalue weighted by Gasteiger charge is -2.28. The molecule has 1 aliphatic rings. The van der Waals surface area contributed by atoms with Crippen molar-refractivity contribution < 1.29 is 9.53 Å². The van der Waals surface area contributed by atoms with E-state index >= 15 is 0 Å². The van der Waals surface area contributed by atoms with Crippen LogP contribution in [-0.4, -0.2) is 32.7 Å². The number of carbonyl (C=O) groups excluding carboxylic acids is 1. The van der Waals surface area contributed by atoms with Crippen molar-refractivity contribution in [2.45, 2.75) is 39.2 Å². The summed E-state index contributed by atoms with van der Waals surface area (Å²) >= 11 is 0. The Balaban J connectivity index is 2.03. The van der Waals surface area contributed by atoms with Crippen molar-refractivity contribution in [1.29, 1.82) is 0 Å². The smallest absolute Gasteiger partial charge is 0.230 e. The van der Waals surface area contributed by atoms with Gasteiger partial charge < -0.3 is 15.4 Å². The number of ether oxygens (including phenoxy) is 1. The van der Waals surface area contributed by atoms with Crippen LogP contribution >= 0.6 is 0 Å². The van der Waals surface area contributed by atoms with Crippen molar-refractivity contribution in [1.82, 2.24) is 10.6 Å². The molecule has 1 aromatic rings. The van der Waals surface area contributed by atoms with Crippen molar-refractivity contribution in [2.24, 2.45) is 5.41 Å². The molecular formula is C18H28N2O2. The molecule has 1 fully saturated rings. The van der Waals surface area contributed by atoms with E-state index in [0.29, 0.717) is 19.1 Å². The standard InChI is InChI=1S/C18H28N2O2/c1-13(2)15-5-7-16(8-6-15)14(3)20-17(21)18(12-22-4)9-10-19-11-18/h5-8,13-14,19H,9-12H2,1-4H3,(H,20,21). The third-order valence-electron chi connectivity index (χ3n) is 4.60. The van der Waals surface area contributed by atoms with Gasteiger partial charge in [0.2, 0.25) is 5.91 Å². The minimum Gasteiger partial charge on any atom is -0.384 e. The minimum atomic E-state index is -0.430. The van der Waals surface area contributed by atoms with E-state index in [1.54, 1.807) is 7.11 Å². The van der Waals surface area contributed by atoms with Crippen molar-refractivity contribution in [3.8, 4) is 0 Å². The van der Waals surface area contributed by atoms with Crippen LogP contribution in [0.25, 0.3) is 0 Å². The number of nitrogens with one attached hydrogen (secondary N) is 2. The highest BCUT2D eigenvalue weighted by Gasteiger charge is 2.41. The molecule has 1 heterocycles. The van der Waals surface area contributed by atoms with E-state index in [-0.39, 0.29) is 11.9 Å². The molecule has 0 saturated carbocycles. The summed E-state index contributed by atoms with van der Waals surface area (Å²) in [6, 6.07) is 8.50. The number of amides is 1. The monoisotopic (exact) mass is 304 g/mol. The highest BCUT2D eigenvalue weighted by atomic mass is 16.5. The number of benzene rings is 1. The van der Waals surface area contributed by atoms with Crippen molar-refractivity contribution in [2.75, 3.05) is 26.8 Å². The SMILES string of the molecule is COCC1(C(=O)NC(C)c2ccc(C(C)C)cc2)CCNC1. The molecule has 1 saturated heterocycles. The number of hydrogen-bond acceptors (Lipinski definition) is 3. The summed E-state index contributed by atoms with van der Waals surface area (Å²) in [5, 5.41) is 6.42. The first kappa shape index (κ1) is 17.0. The van der Waals surface area contributed by atoms with E-state index in [2.05, 4.69) is 48.7 Å². The van der Waals surface area contributed by atoms with Crippen LogP contribution in [0.5, 0.6) is 0 Å². The lowest BCUT2D eigenvalue weighted by atomic mass is 9.86. The second-order valence-electron chi connectivity index (χ2n) is 6.66. The van der Waals surface area contributed by atoms with Crippen LogP contribution in [-0.2, 0) is 9.53 Å². The maximum absolute atomic E-state index is 12.7. The molecule has 2 rings (SSSR count). The summed E-state index contributed by atoms with van der Waals surface area (Å²) in [6.07, 6.45) is 0.825. The van der Waals surface area contributed by atoms with Gasteiger partial charge in [0.1, 0.15) is 0 Å². The number of methoxy groups -OCH3 is 1. The van der Waals surface area contributed by atoms with Crippen LogP contribution in [0.3, 0.4) is 0 Å². The second kappa shape index (κ2) is 7.25. The summed E-state index contributed by atoms with van der Waals surface area (Å²) in [4.78, 5) is 12.7. The van der Waals surface area contributed by atoms with Gasteiger partial charge in [0.25, 0.3) is 0 Å². The van der Waals surface area contributed by atoms with Crippen LogP contribution in [0.1, 0.15) is 50.3 Å². The van der Waals surface area contributed by atoms with Gasteiger partial charge in [0.05, 0.1) is 18.1 Å².